The molecule has 0 aromatic carbocycles. The van der Waals surface area contributed by atoms with Gasteiger partial charge in [0.05, 0.1) is 24.1 Å². The minimum Gasteiger partial charge on any atom is -0.480 e. The third-order valence-corrected chi connectivity index (χ3v) is 2.15. The van der Waals surface area contributed by atoms with Crippen LogP contribution in [-0.4, -0.2) is 42.9 Å². The average molecular weight is 235 g/mol. The molecule has 0 unspecified atom stereocenters. The number of carbonyl (C=O) groups is 1. The van der Waals surface area contributed by atoms with Crippen LogP contribution >= 0.6 is 0 Å². The molecule has 0 aliphatic carbocycles. The van der Waals surface area contributed by atoms with E-state index in [1.165, 1.54) is 19.5 Å². The molecule has 0 amide bonds. The first-order chi connectivity index (χ1) is 8.19. The Labute approximate surface area is 99.1 Å². The number of hydrogen-bond acceptors (Lipinski definition) is 5. The summed E-state index contributed by atoms with van der Waals surface area (Å²) in [5, 5.41) is 17.8. The summed E-state index contributed by atoms with van der Waals surface area (Å²) in [4.78, 5) is 16.2. The molecule has 0 fully saturated rings. The topological polar surface area (TPSA) is 86.4 Å². The summed E-state index contributed by atoms with van der Waals surface area (Å²) in [5.74, 6) is -0.964. The number of methoxy groups -OCH3 is 1. The van der Waals surface area contributed by atoms with E-state index >= 15 is 0 Å². The molecule has 0 atom stereocenters. The Hall–Kier alpha value is -2.13. The summed E-state index contributed by atoms with van der Waals surface area (Å²) >= 11 is 0. The molecule has 1 N–H and O–H groups in total. The number of nitrogens with zero attached hydrogens (tertiary/aromatic N) is 3. The first kappa shape index (κ1) is 12.9. The Morgan fingerprint density at radius 1 is 1.71 bits per heavy atom. The van der Waals surface area contributed by atoms with Crippen molar-refractivity contribution in [2.75, 3.05) is 31.7 Å². The summed E-state index contributed by atoms with van der Waals surface area (Å²) in [5.41, 5.74) is 0.909. The number of aliphatic carboxylic acids is 1. The fourth-order valence-corrected chi connectivity index (χ4v) is 1.38. The highest BCUT2D eigenvalue weighted by Gasteiger charge is 2.14. The third kappa shape index (κ3) is 3.74. The molecular weight excluding hydrogens is 222 g/mol. The van der Waals surface area contributed by atoms with Crippen LogP contribution in [0.1, 0.15) is 5.56 Å². The normalized spacial score (nSPS) is 9.65. The largest absolute Gasteiger partial charge is 0.480 e. The third-order valence-electron chi connectivity index (χ3n) is 2.15. The van der Waals surface area contributed by atoms with Gasteiger partial charge in [-0.05, 0) is 6.07 Å². The van der Waals surface area contributed by atoms with E-state index in [9.17, 15) is 4.79 Å². The molecule has 6 heteroatoms. The van der Waals surface area contributed by atoms with E-state index in [1.807, 2.05) is 6.07 Å². The summed E-state index contributed by atoms with van der Waals surface area (Å²) in [6.07, 6.45) is 2.98. The van der Waals surface area contributed by atoms with Crippen LogP contribution in [0.3, 0.4) is 0 Å². The second-order valence-corrected chi connectivity index (χ2v) is 3.31. The van der Waals surface area contributed by atoms with Gasteiger partial charge in [-0.2, -0.15) is 5.26 Å². The summed E-state index contributed by atoms with van der Waals surface area (Å²) in [6.45, 7) is 0.583. The summed E-state index contributed by atoms with van der Waals surface area (Å²) in [7, 11) is 1.54. The number of carboxylic acids is 1. The van der Waals surface area contributed by atoms with Gasteiger partial charge in [-0.15, -0.1) is 0 Å². The van der Waals surface area contributed by atoms with Gasteiger partial charge >= 0.3 is 5.97 Å². The monoisotopic (exact) mass is 235 g/mol. The number of carboxylic acid groups (broad SMARTS) is 1. The maximum absolute atomic E-state index is 10.8. The van der Waals surface area contributed by atoms with E-state index in [0.717, 1.165) is 0 Å². The highest BCUT2D eigenvalue weighted by atomic mass is 16.5. The van der Waals surface area contributed by atoms with E-state index in [-0.39, 0.29) is 6.54 Å². The van der Waals surface area contributed by atoms with Crippen molar-refractivity contribution >= 4 is 11.7 Å². The Bertz CT molecular complexity index is 428. The van der Waals surface area contributed by atoms with E-state index in [1.54, 1.807) is 11.0 Å². The fraction of sp³-hybridized carbons (Fsp3) is 0.364. The molecule has 0 saturated carbocycles. The summed E-state index contributed by atoms with van der Waals surface area (Å²) < 4.78 is 4.91. The van der Waals surface area contributed by atoms with Gasteiger partial charge in [0.15, 0.2) is 0 Å². The smallest absolute Gasteiger partial charge is 0.323 e. The van der Waals surface area contributed by atoms with Crippen LogP contribution in [0.5, 0.6) is 0 Å². The van der Waals surface area contributed by atoms with Gasteiger partial charge in [-0.25, -0.2) is 0 Å². The molecule has 0 radical (unpaired) electrons. The zero-order valence-corrected chi connectivity index (χ0v) is 9.46. The van der Waals surface area contributed by atoms with Crippen molar-refractivity contribution < 1.29 is 14.6 Å². The zero-order chi connectivity index (χ0) is 12.7. The molecule has 0 aliphatic heterocycles. The van der Waals surface area contributed by atoms with Gasteiger partial charge in [-0.1, -0.05) is 0 Å². The van der Waals surface area contributed by atoms with Crippen LogP contribution in [0.25, 0.3) is 0 Å². The first-order valence-electron chi connectivity index (χ1n) is 4.98. The fourth-order valence-electron chi connectivity index (χ4n) is 1.38. The molecule has 17 heavy (non-hydrogen) atoms. The lowest BCUT2D eigenvalue weighted by Gasteiger charge is -2.22. The standard InChI is InChI=1S/C11H13N3O3/c1-17-5-4-14(8-11(15)16)10-7-13-3-2-9(10)6-12/h2-3,7H,4-5,8H2,1H3,(H,15,16). The van der Waals surface area contributed by atoms with Gasteiger partial charge in [-0.3, -0.25) is 9.78 Å². The van der Waals surface area contributed by atoms with Gasteiger partial charge < -0.3 is 14.7 Å². The lowest BCUT2D eigenvalue weighted by molar-refractivity contribution is -0.135. The number of pyridine rings is 1. The van der Waals surface area contributed by atoms with Crippen molar-refractivity contribution in [3.05, 3.63) is 24.0 Å². The van der Waals surface area contributed by atoms with Gasteiger partial charge in [0.1, 0.15) is 12.6 Å². The molecule has 1 heterocycles. The highest BCUT2D eigenvalue weighted by molar-refractivity contribution is 5.74. The molecule has 6 nitrogen and oxygen atoms in total. The number of nitriles is 1. The van der Waals surface area contributed by atoms with Crippen LogP contribution in [0.2, 0.25) is 0 Å². The van der Waals surface area contributed by atoms with E-state index in [4.69, 9.17) is 15.1 Å². The van der Waals surface area contributed by atoms with Crippen LogP contribution in [0.4, 0.5) is 5.69 Å². The SMILES string of the molecule is COCCN(CC(=O)O)c1cnccc1C#N. The van der Waals surface area contributed by atoms with Crippen molar-refractivity contribution in [3.8, 4) is 6.07 Å². The first-order valence-corrected chi connectivity index (χ1v) is 4.98. The maximum atomic E-state index is 10.8. The van der Waals surface area contributed by atoms with Crippen molar-refractivity contribution in [1.82, 2.24) is 4.98 Å². The predicted molar refractivity (Wildman–Crippen MR) is 60.7 cm³/mol. The van der Waals surface area contributed by atoms with Crippen LogP contribution in [0, 0.1) is 11.3 Å². The Kier molecular flexibility index (Phi) is 4.91. The lowest BCUT2D eigenvalue weighted by Crippen LogP contribution is -2.33. The van der Waals surface area contributed by atoms with E-state index in [2.05, 4.69) is 4.98 Å². The highest BCUT2D eigenvalue weighted by Crippen LogP contribution is 2.17. The van der Waals surface area contributed by atoms with Gasteiger partial charge in [0.2, 0.25) is 0 Å². The predicted octanol–water partition coefficient (Wildman–Crippen LogP) is 0.491. The quantitative estimate of drug-likeness (QED) is 0.772. The second-order valence-electron chi connectivity index (χ2n) is 3.31. The summed E-state index contributed by atoms with van der Waals surface area (Å²) in [6, 6.07) is 3.56. The molecule has 0 bridgehead atoms. The van der Waals surface area contributed by atoms with Crippen LogP contribution < -0.4 is 4.90 Å². The minimum atomic E-state index is -0.964. The zero-order valence-electron chi connectivity index (χ0n) is 9.46. The Morgan fingerprint density at radius 3 is 3.06 bits per heavy atom. The van der Waals surface area contributed by atoms with Crippen molar-refractivity contribution in [2.45, 2.75) is 0 Å². The second kappa shape index (κ2) is 6.45. The number of aromatic nitrogens is 1. The van der Waals surface area contributed by atoms with Crippen LogP contribution in [-0.2, 0) is 9.53 Å². The van der Waals surface area contributed by atoms with Crippen LogP contribution in [0.15, 0.2) is 18.5 Å². The van der Waals surface area contributed by atoms with Crippen molar-refractivity contribution in [3.63, 3.8) is 0 Å². The van der Waals surface area contributed by atoms with Gasteiger partial charge in [0.25, 0.3) is 0 Å². The molecule has 1 aromatic rings. The average Bonchev–Trinajstić information content (AvgIpc) is 2.34. The van der Waals surface area contributed by atoms with E-state index in [0.29, 0.717) is 24.4 Å². The molecule has 1 rings (SSSR count). The maximum Gasteiger partial charge on any atom is 0.323 e. The molecular formula is C11H13N3O3. The molecule has 90 valence electrons. The molecule has 0 aliphatic rings. The minimum absolute atomic E-state index is 0.191. The van der Waals surface area contributed by atoms with Crippen molar-refractivity contribution in [2.24, 2.45) is 0 Å². The Morgan fingerprint density at radius 2 is 2.47 bits per heavy atom. The number of anilines is 1. The Balaban J connectivity index is 2.95. The number of rotatable bonds is 6. The molecule has 0 spiro atoms. The lowest BCUT2D eigenvalue weighted by atomic mass is 10.2. The van der Waals surface area contributed by atoms with Crippen molar-refractivity contribution in [1.29, 1.82) is 5.26 Å². The number of hydrogen-bond donors (Lipinski definition) is 1. The molecule has 0 saturated heterocycles. The van der Waals surface area contributed by atoms with E-state index < -0.39 is 5.97 Å². The van der Waals surface area contributed by atoms with Gasteiger partial charge in [0, 0.05) is 19.9 Å². The molecule has 1 aromatic heterocycles. The number of ether oxygens (including phenoxy) is 1.